The average Bonchev–Trinajstić information content (AvgIpc) is 3.05. The van der Waals surface area contributed by atoms with Crippen molar-refractivity contribution in [3.05, 3.63) is 59.3 Å². The van der Waals surface area contributed by atoms with Gasteiger partial charge in [0.1, 0.15) is 0 Å². The zero-order valence-electron chi connectivity index (χ0n) is 16.1. The van der Waals surface area contributed by atoms with E-state index in [1.54, 1.807) is 0 Å². The monoisotopic (exact) mass is 370 g/mol. The van der Waals surface area contributed by atoms with Crippen LogP contribution < -0.4 is 5.73 Å². The van der Waals surface area contributed by atoms with Crippen LogP contribution in [-0.4, -0.2) is 32.8 Å². The lowest BCUT2D eigenvalue weighted by molar-refractivity contribution is -0.134. The van der Waals surface area contributed by atoms with Crippen molar-refractivity contribution in [1.29, 1.82) is 0 Å². The Morgan fingerprint density at radius 3 is 2.26 bits per heavy atom. The number of carboxylic acids is 2. The topological polar surface area (TPSA) is 106 Å². The van der Waals surface area contributed by atoms with Crippen LogP contribution in [0.2, 0.25) is 0 Å². The summed E-state index contributed by atoms with van der Waals surface area (Å²) in [6, 6.07) is 9.23. The molecule has 1 aliphatic rings. The van der Waals surface area contributed by atoms with E-state index in [1.165, 1.54) is 27.9 Å². The maximum atomic E-state index is 9.55. The number of nitrogens with two attached hydrogens (primary N) is 1. The van der Waals surface area contributed by atoms with Crippen LogP contribution in [0.15, 0.2) is 42.6 Å². The molecule has 1 aliphatic carbocycles. The Kier molecular flexibility index (Phi) is 5.91. The third-order valence-electron chi connectivity index (χ3n) is 4.59. The summed E-state index contributed by atoms with van der Waals surface area (Å²) in [5, 5.41) is 15.6. The van der Waals surface area contributed by atoms with Crippen LogP contribution in [0.1, 0.15) is 37.5 Å². The number of benzene rings is 1. The molecule has 0 unspecified atom stereocenters. The van der Waals surface area contributed by atoms with Crippen molar-refractivity contribution >= 4 is 11.9 Å². The van der Waals surface area contributed by atoms with E-state index < -0.39 is 11.9 Å². The molecule has 1 aromatic heterocycles. The Labute approximate surface area is 158 Å². The SMILES string of the molecule is Cc1ccc2c(c1)-c1c(ccn1C[C@@H](C)N)C2(C)C.O=C(O)/C=C/C(=O)O. The summed E-state index contributed by atoms with van der Waals surface area (Å²) in [7, 11) is 0. The second-order valence-corrected chi connectivity index (χ2v) is 7.39. The predicted molar refractivity (Wildman–Crippen MR) is 105 cm³/mol. The molecule has 1 aromatic carbocycles. The Morgan fingerprint density at radius 1 is 1.15 bits per heavy atom. The van der Waals surface area contributed by atoms with Crippen LogP contribution in [0.4, 0.5) is 0 Å². The fourth-order valence-corrected chi connectivity index (χ4v) is 3.43. The Morgan fingerprint density at radius 2 is 1.74 bits per heavy atom. The first-order chi connectivity index (χ1) is 12.5. The third-order valence-corrected chi connectivity index (χ3v) is 4.59. The summed E-state index contributed by atoms with van der Waals surface area (Å²) in [5.41, 5.74) is 13.0. The first-order valence-corrected chi connectivity index (χ1v) is 8.74. The molecule has 144 valence electrons. The van der Waals surface area contributed by atoms with Crippen molar-refractivity contribution in [1.82, 2.24) is 4.57 Å². The summed E-state index contributed by atoms with van der Waals surface area (Å²) in [6.07, 6.45) is 3.30. The molecule has 0 radical (unpaired) electrons. The van der Waals surface area contributed by atoms with Gasteiger partial charge in [-0.3, -0.25) is 0 Å². The van der Waals surface area contributed by atoms with Gasteiger partial charge in [0.15, 0.2) is 0 Å². The molecule has 4 N–H and O–H groups in total. The second kappa shape index (κ2) is 7.80. The van der Waals surface area contributed by atoms with Gasteiger partial charge >= 0.3 is 11.9 Å². The standard InChI is InChI=1S/C17H22N2.C4H4O4/c1-11-5-6-14-13(9-11)16-15(17(14,3)4)7-8-19(16)10-12(2)18;5-3(6)1-2-4(7)8/h5-9,12H,10,18H2,1-4H3;1-2H,(H,5,6)(H,7,8)/b;2-1+/t12-;/m1./s1. The van der Waals surface area contributed by atoms with Gasteiger partial charge in [0, 0.05) is 41.9 Å². The number of nitrogens with zero attached hydrogens (tertiary/aromatic N) is 1. The highest BCUT2D eigenvalue weighted by Crippen LogP contribution is 2.49. The zero-order chi connectivity index (χ0) is 20.4. The van der Waals surface area contributed by atoms with Crippen LogP contribution in [0.25, 0.3) is 11.3 Å². The quantitative estimate of drug-likeness (QED) is 0.717. The van der Waals surface area contributed by atoms with Gasteiger partial charge in [-0.05, 0) is 37.1 Å². The first-order valence-electron chi connectivity index (χ1n) is 8.74. The summed E-state index contributed by atoms with van der Waals surface area (Å²) in [5.74, 6) is -2.51. The molecule has 0 aliphatic heterocycles. The van der Waals surface area contributed by atoms with E-state index in [-0.39, 0.29) is 11.5 Å². The lowest BCUT2D eigenvalue weighted by Gasteiger charge is -2.20. The van der Waals surface area contributed by atoms with Gasteiger partial charge in [-0.2, -0.15) is 0 Å². The highest BCUT2D eigenvalue weighted by molar-refractivity contribution is 5.89. The molecule has 1 heterocycles. The first kappa shape index (κ1) is 20.5. The van der Waals surface area contributed by atoms with E-state index in [0.29, 0.717) is 12.2 Å². The summed E-state index contributed by atoms with van der Waals surface area (Å²) < 4.78 is 2.31. The molecule has 2 aromatic rings. The van der Waals surface area contributed by atoms with E-state index in [2.05, 4.69) is 62.7 Å². The average molecular weight is 370 g/mol. The number of fused-ring (bicyclic) bond motifs is 3. The van der Waals surface area contributed by atoms with Gasteiger partial charge in [-0.15, -0.1) is 0 Å². The number of aliphatic carboxylic acids is 2. The minimum Gasteiger partial charge on any atom is -0.478 e. The van der Waals surface area contributed by atoms with Gasteiger partial charge in [-0.25, -0.2) is 9.59 Å². The van der Waals surface area contributed by atoms with Crippen molar-refractivity contribution in [2.75, 3.05) is 0 Å². The van der Waals surface area contributed by atoms with E-state index in [4.69, 9.17) is 15.9 Å². The molecule has 3 rings (SSSR count). The van der Waals surface area contributed by atoms with E-state index in [1.807, 2.05) is 0 Å². The van der Waals surface area contributed by atoms with Crippen molar-refractivity contribution in [3.63, 3.8) is 0 Å². The number of rotatable bonds is 4. The normalized spacial score (nSPS) is 14.9. The molecule has 0 fully saturated rings. The minimum absolute atomic E-state index is 0.0987. The highest BCUT2D eigenvalue weighted by Gasteiger charge is 2.37. The third kappa shape index (κ3) is 4.46. The van der Waals surface area contributed by atoms with E-state index in [0.717, 1.165) is 6.54 Å². The maximum absolute atomic E-state index is 9.55. The molecule has 6 heteroatoms. The molecule has 0 bridgehead atoms. The van der Waals surface area contributed by atoms with Gasteiger partial charge < -0.3 is 20.5 Å². The van der Waals surface area contributed by atoms with E-state index >= 15 is 0 Å². The van der Waals surface area contributed by atoms with Crippen molar-refractivity contribution in [2.24, 2.45) is 5.73 Å². The number of carboxylic acid groups (broad SMARTS) is 2. The molecule has 27 heavy (non-hydrogen) atoms. The fraction of sp³-hybridized carbons (Fsp3) is 0.333. The Bertz CT molecular complexity index is 876. The molecule has 0 saturated heterocycles. The number of hydrogen-bond donors (Lipinski definition) is 3. The molecular formula is C21H26N2O4. The summed E-state index contributed by atoms with van der Waals surface area (Å²) in [4.78, 5) is 19.1. The van der Waals surface area contributed by atoms with Crippen molar-refractivity contribution < 1.29 is 19.8 Å². The van der Waals surface area contributed by atoms with Gasteiger partial charge in [0.05, 0.1) is 5.69 Å². The second-order valence-electron chi connectivity index (χ2n) is 7.39. The Hall–Kier alpha value is -2.86. The maximum Gasteiger partial charge on any atom is 0.328 e. The number of aryl methyl sites for hydroxylation is 1. The van der Waals surface area contributed by atoms with Crippen molar-refractivity contribution in [3.8, 4) is 11.3 Å². The van der Waals surface area contributed by atoms with Crippen LogP contribution in [0.3, 0.4) is 0 Å². The number of carbonyl (C=O) groups is 2. The smallest absolute Gasteiger partial charge is 0.328 e. The molecular weight excluding hydrogens is 344 g/mol. The zero-order valence-corrected chi connectivity index (χ0v) is 16.1. The highest BCUT2D eigenvalue weighted by atomic mass is 16.4. The van der Waals surface area contributed by atoms with Gasteiger partial charge in [-0.1, -0.05) is 31.5 Å². The van der Waals surface area contributed by atoms with E-state index in [9.17, 15) is 9.59 Å². The summed E-state index contributed by atoms with van der Waals surface area (Å²) in [6.45, 7) is 9.71. The van der Waals surface area contributed by atoms with Crippen LogP contribution in [-0.2, 0) is 21.5 Å². The van der Waals surface area contributed by atoms with Crippen LogP contribution in [0.5, 0.6) is 0 Å². The molecule has 1 atom stereocenters. The van der Waals surface area contributed by atoms with Crippen molar-refractivity contribution in [2.45, 2.75) is 45.7 Å². The Balaban J connectivity index is 0.000000279. The number of aromatic nitrogens is 1. The predicted octanol–water partition coefficient (Wildman–Crippen LogP) is 3.16. The number of hydrogen-bond acceptors (Lipinski definition) is 3. The largest absolute Gasteiger partial charge is 0.478 e. The summed E-state index contributed by atoms with van der Waals surface area (Å²) >= 11 is 0. The van der Waals surface area contributed by atoms with Gasteiger partial charge in [0.2, 0.25) is 0 Å². The van der Waals surface area contributed by atoms with Gasteiger partial charge in [0.25, 0.3) is 0 Å². The van der Waals surface area contributed by atoms with Crippen LogP contribution in [0, 0.1) is 6.92 Å². The minimum atomic E-state index is -1.26. The fourth-order valence-electron chi connectivity index (χ4n) is 3.43. The molecule has 0 amide bonds. The van der Waals surface area contributed by atoms with Crippen LogP contribution >= 0.6 is 0 Å². The molecule has 6 nitrogen and oxygen atoms in total. The molecule has 0 spiro atoms. The lowest BCUT2D eigenvalue weighted by Crippen LogP contribution is -2.22. The lowest BCUT2D eigenvalue weighted by atomic mass is 9.83. The molecule has 0 saturated carbocycles.